The van der Waals surface area contributed by atoms with Crippen LogP contribution < -0.4 is 10.6 Å². The summed E-state index contributed by atoms with van der Waals surface area (Å²) in [5.41, 5.74) is 3.85. The van der Waals surface area contributed by atoms with Crippen molar-refractivity contribution in [3.05, 3.63) is 94.8 Å². The highest BCUT2D eigenvalue weighted by Crippen LogP contribution is 2.23. The zero-order valence-electron chi connectivity index (χ0n) is 18.5. The van der Waals surface area contributed by atoms with Gasteiger partial charge in [-0.25, -0.2) is 4.98 Å². The topological polar surface area (TPSA) is 76.0 Å². The molecule has 1 atom stereocenters. The summed E-state index contributed by atoms with van der Waals surface area (Å²) in [4.78, 5) is 30.5. The minimum Gasteiger partial charge on any atom is -0.342 e. The Morgan fingerprint density at radius 1 is 1.00 bits per heavy atom. The monoisotopic (exact) mass is 460 g/mol. The van der Waals surface area contributed by atoms with Crippen LogP contribution in [-0.4, -0.2) is 21.4 Å². The molecule has 4 rings (SSSR count). The summed E-state index contributed by atoms with van der Waals surface area (Å²) in [6, 6.07) is 21.8. The van der Waals surface area contributed by atoms with Gasteiger partial charge in [0.2, 0.25) is 5.91 Å². The first kappa shape index (κ1) is 22.6. The predicted octanol–water partition coefficient (Wildman–Crippen LogP) is 5.38. The van der Waals surface area contributed by atoms with E-state index < -0.39 is 6.04 Å². The number of aryl methyl sites for hydroxylation is 1. The third-order valence-electron chi connectivity index (χ3n) is 5.51. The van der Waals surface area contributed by atoms with Crippen molar-refractivity contribution in [3.8, 4) is 0 Å². The molecule has 4 aromatic rings. The van der Waals surface area contributed by atoms with E-state index in [9.17, 15) is 9.59 Å². The number of benzene rings is 3. The van der Waals surface area contributed by atoms with Gasteiger partial charge in [-0.05, 0) is 49.2 Å². The number of carbonyl (C=O) groups is 2. The Labute approximate surface area is 197 Å². The van der Waals surface area contributed by atoms with Crippen LogP contribution in [0.4, 0.5) is 5.69 Å². The van der Waals surface area contributed by atoms with Crippen LogP contribution >= 0.6 is 11.6 Å². The Balaban J connectivity index is 1.61. The highest BCUT2D eigenvalue weighted by atomic mass is 35.5. The van der Waals surface area contributed by atoms with Crippen molar-refractivity contribution < 1.29 is 9.59 Å². The SMILES string of the molecule is CCc1ccccc1NC(=O)Cn1c(C(C)NC(=O)c2ccccc2Cl)nc2ccccc21. The third-order valence-corrected chi connectivity index (χ3v) is 5.84. The molecule has 0 saturated heterocycles. The molecular weight excluding hydrogens is 436 g/mol. The van der Waals surface area contributed by atoms with Crippen LogP contribution in [0.25, 0.3) is 11.0 Å². The molecule has 0 aliphatic heterocycles. The zero-order valence-corrected chi connectivity index (χ0v) is 19.3. The van der Waals surface area contributed by atoms with Gasteiger partial charge in [-0.2, -0.15) is 0 Å². The molecule has 0 saturated carbocycles. The Morgan fingerprint density at radius 3 is 2.48 bits per heavy atom. The summed E-state index contributed by atoms with van der Waals surface area (Å²) in [6.45, 7) is 3.97. The van der Waals surface area contributed by atoms with Crippen LogP contribution in [-0.2, 0) is 17.8 Å². The van der Waals surface area contributed by atoms with E-state index in [2.05, 4.69) is 17.6 Å². The molecule has 1 unspecified atom stereocenters. The smallest absolute Gasteiger partial charge is 0.253 e. The molecule has 0 aliphatic rings. The molecule has 1 heterocycles. The fourth-order valence-electron chi connectivity index (χ4n) is 3.86. The number of hydrogen-bond acceptors (Lipinski definition) is 3. The van der Waals surface area contributed by atoms with Crippen molar-refractivity contribution in [1.82, 2.24) is 14.9 Å². The molecule has 2 N–H and O–H groups in total. The minimum absolute atomic E-state index is 0.0696. The van der Waals surface area contributed by atoms with E-state index in [1.807, 2.05) is 60.0 Å². The molecule has 33 heavy (non-hydrogen) atoms. The van der Waals surface area contributed by atoms with Gasteiger partial charge in [0.15, 0.2) is 0 Å². The standard InChI is InChI=1S/C26H25ClN4O2/c1-3-18-10-4-7-13-21(18)29-24(32)16-31-23-15-9-8-14-22(23)30-25(31)17(2)28-26(33)19-11-5-6-12-20(19)27/h4-15,17H,3,16H2,1-2H3,(H,28,33)(H,29,32). The average Bonchev–Trinajstić information content (AvgIpc) is 3.18. The first-order chi connectivity index (χ1) is 16.0. The highest BCUT2D eigenvalue weighted by Gasteiger charge is 2.21. The van der Waals surface area contributed by atoms with E-state index in [1.165, 1.54) is 0 Å². The van der Waals surface area contributed by atoms with Crippen molar-refractivity contribution in [3.63, 3.8) is 0 Å². The molecule has 0 bridgehead atoms. The number of aromatic nitrogens is 2. The van der Waals surface area contributed by atoms with Gasteiger partial charge >= 0.3 is 0 Å². The normalized spacial score (nSPS) is 11.8. The molecule has 0 spiro atoms. The number of para-hydroxylation sites is 3. The molecule has 0 aliphatic carbocycles. The van der Waals surface area contributed by atoms with E-state index in [4.69, 9.17) is 16.6 Å². The van der Waals surface area contributed by atoms with Gasteiger partial charge in [0.25, 0.3) is 5.91 Å². The summed E-state index contributed by atoms with van der Waals surface area (Å²) in [5, 5.41) is 6.35. The second kappa shape index (κ2) is 9.88. The number of nitrogens with one attached hydrogen (secondary N) is 2. The minimum atomic E-state index is -0.447. The fourth-order valence-corrected chi connectivity index (χ4v) is 4.08. The number of rotatable bonds is 7. The number of imidazole rings is 1. The number of carbonyl (C=O) groups excluding carboxylic acids is 2. The maximum Gasteiger partial charge on any atom is 0.253 e. The third kappa shape index (κ3) is 4.91. The van der Waals surface area contributed by atoms with Crippen LogP contribution in [0, 0.1) is 0 Å². The van der Waals surface area contributed by atoms with Gasteiger partial charge < -0.3 is 15.2 Å². The molecular formula is C26H25ClN4O2. The lowest BCUT2D eigenvalue weighted by Gasteiger charge is -2.17. The summed E-state index contributed by atoms with van der Waals surface area (Å²) in [6.07, 6.45) is 0.820. The largest absolute Gasteiger partial charge is 0.342 e. The van der Waals surface area contributed by atoms with Crippen LogP contribution in [0.3, 0.4) is 0 Å². The number of nitrogens with zero attached hydrogens (tertiary/aromatic N) is 2. The van der Waals surface area contributed by atoms with E-state index >= 15 is 0 Å². The van der Waals surface area contributed by atoms with E-state index in [0.29, 0.717) is 16.4 Å². The highest BCUT2D eigenvalue weighted by molar-refractivity contribution is 6.33. The Morgan fingerprint density at radius 2 is 1.70 bits per heavy atom. The van der Waals surface area contributed by atoms with Gasteiger partial charge in [0.05, 0.1) is 27.7 Å². The van der Waals surface area contributed by atoms with E-state index in [1.54, 1.807) is 24.3 Å². The molecule has 2 amide bonds. The molecule has 7 heteroatoms. The molecule has 0 radical (unpaired) electrons. The lowest BCUT2D eigenvalue weighted by Crippen LogP contribution is -2.30. The van der Waals surface area contributed by atoms with Crippen LogP contribution in [0.2, 0.25) is 5.02 Å². The van der Waals surface area contributed by atoms with Crippen LogP contribution in [0.1, 0.15) is 41.6 Å². The van der Waals surface area contributed by atoms with Gasteiger partial charge in [-0.1, -0.05) is 61.0 Å². The Bertz CT molecular complexity index is 1310. The number of anilines is 1. The van der Waals surface area contributed by atoms with Gasteiger partial charge in [0, 0.05) is 5.69 Å². The van der Waals surface area contributed by atoms with Crippen LogP contribution in [0.5, 0.6) is 0 Å². The number of hydrogen-bond donors (Lipinski definition) is 2. The summed E-state index contributed by atoms with van der Waals surface area (Å²) in [7, 11) is 0. The quantitative estimate of drug-likeness (QED) is 0.388. The maximum atomic E-state index is 13.0. The number of amides is 2. The first-order valence-corrected chi connectivity index (χ1v) is 11.2. The summed E-state index contributed by atoms with van der Waals surface area (Å²) >= 11 is 6.18. The Kier molecular flexibility index (Phi) is 6.75. The van der Waals surface area contributed by atoms with Crippen molar-refractivity contribution in [2.75, 3.05) is 5.32 Å². The van der Waals surface area contributed by atoms with Crippen LogP contribution in [0.15, 0.2) is 72.8 Å². The molecule has 1 aromatic heterocycles. The second-order valence-electron chi connectivity index (χ2n) is 7.78. The molecule has 3 aromatic carbocycles. The molecule has 0 fully saturated rings. The number of halogens is 1. The molecule has 6 nitrogen and oxygen atoms in total. The van der Waals surface area contributed by atoms with E-state index in [0.717, 1.165) is 28.7 Å². The van der Waals surface area contributed by atoms with Gasteiger partial charge in [-0.3, -0.25) is 9.59 Å². The Hall–Kier alpha value is -3.64. The molecule has 168 valence electrons. The summed E-state index contributed by atoms with van der Waals surface area (Å²) in [5.74, 6) is 0.133. The van der Waals surface area contributed by atoms with Crippen molar-refractivity contribution in [2.45, 2.75) is 32.9 Å². The maximum absolute atomic E-state index is 13.0. The average molecular weight is 461 g/mol. The second-order valence-corrected chi connectivity index (χ2v) is 8.19. The van der Waals surface area contributed by atoms with Crippen molar-refractivity contribution in [1.29, 1.82) is 0 Å². The zero-order chi connectivity index (χ0) is 23.4. The number of fused-ring (bicyclic) bond motifs is 1. The predicted molar refractivity (Wildman–Crippen MR) is 132 cm³/mol. The van der Waals surface area contributed by atoms with Gasteiger partial charge in [0.1, 0.15) is 12.4 Å². The lowest BCUT2D eigenvalue weighted by atomic mass is 10.1. The first-order valence-electron chi connectivity index (χ1n) is 10.9. The fraction of sp³-hybridized carbons (Fsp3) is 0.192. The lowest BCUT2D eigenvalue weighted by molar-refractivity contribution is -0.116. The van der Waals surface area contributed by atoms with Crippen molar-refractivity contribution in [2.24, 2.45) is 0 Å². The van der Waals surface area contributed by atoms with E-state index in [-0.39, 0.29) is 18.4 Å². The van der Waals surface area contributed by atoms with Crippen molar-refractivity contribution >= 4 is 40.1 Å². The summed E-state index contributed by atoms with van der Waals surface area (Å²) < 4.78 is 1.84. The van der Waals surface area contributed by atoms with Gasteiger partial charge in [-0.15, -0.1) is 0 Å².